The maximum atomic E-state index is 6.03. The van der Waals surface area contributed by atoms with E-state index in [1.807, 2.05) is 32.0 Å². The summed E-state index contributed by atoms with van der Waals surface area (Å²) in [6.45, 7) is 4.74. The fourth-order valence-electron chi connectivity index (χ4n) is 2.40. The smallest absolute Gasteiger partial charge is 0.130 e. The molecule has 2 heterocycles. The number of hydrogen-bond acceptors (Lipinski definition) is 4. The molecular weight excluding hydrogens is 250 g/mol. The highest BCUT2D eigenvalue weighted by Gasteiger charge is 2.16. The number of fused-ring (bicyclic) bond motifs is 1. The lowest BCUT2D eigenvalue weighted by molar-refractivity contribution is 0.357. The third kappa shape index (κ3) is 2.80. The van der Waals surface area contributed by atoms with Crippen LogP contribution in [-0.2, 0) is 12.8 Å². The van der Waals surface area contributed by atoms with Crippen molar-refractivity contribution in [1.29, 1.82) is 0 Å². The van der Waals surface area contributed by atoms with Crippen molar-refractivity contribution in [3.8, 4) is 17.0 Å². The van der Waals surface area contributed by atoms with Gasteiger partial charge in [0.15, 0.2) is 0 Å². The molecule has 0 saturated heterocycles. The maximum absolute atomic E-state index is 6.03. The van der Waals surface area contributed by atoms with Crippen LogP contribution in [0.5, 0.6) is 5.75 Å². The first kappa shape index (κ1) is 13.1. The molecule has 0 amide bonds. The van der Waals surface area contributed by atoms with Gasteiger partial charge >= 0.3 is 0 Å². The molecular formula is C16H19N3O. The molecule has 104 valence electrons. The SMILES string of the molecule is CC(C)(N)Cc1nccc(-c2ccc3c(c2)CCO3)n1. The summed E-state index contributed by atoms with van der Waals surface area (Å²) in [6, 6.07) is 8.16. The van der Waals surface area contributed by atoms with Gasteiger partial charge in [-0.15, -0.1) is 0 Å². The number of hydrogen-bond donors (Lipinski definition) is 1. The second kappa shape index (κ2) is 4.87. The van der Waals surface area contributed by atoms with Crippen molar-refractivity contribution in [3.05, 3.63) is 41.9 Å². The quantitative estimate of drug-likeness (QED) is 0.929. The summed E-state index contributed by atoms with van der Waals surface area (Å²) < 4.78 is 5.53. The van der Waals surface area contributed by atoms with Gasteiger partial charge < -0.3 is 10.5 Å². The molecule has 0 atom stereocenters. The second-order valence-corrected chi connectivity index (χ2v) is 5.94. The molecule has 1 aliphatic rings. The number of rotatable bonds is 3. The first-order valence-electron chi connectivity index (χ1n) is 6.88. The Morgan fingerprint density at radius 3 is 2.95 bits per heavy atom. The predicted molar refractivity (Wildman–Crippen MR) is 78.6 cm³/mol. The van der Waals surface area contributed by atoms with Gasteiger partial charge in [0.05, 0.1) is 12.3 Å². The standard InChI is InChI=1S/C16H19N3O/c1-16(2,17)10-15-18-7-5-13(19-15)11-3-4-14-12(9-11)6-8-20-14/h3-5,7,9H,6,8,10,17H2,1-2H3. The molecule has 0 aliphatic carbocycles. The summed E-state index contributed by atoms with van der Waals surface area (Å²) >= 11 is 0. The molecule has 0 fully saturated rings. The molecule has 0 radical (unpaired) electrons. The Kier molecular flexibility index (Phi) is 3.18. The van der Waals surface area contributed by atoms with Crippen molar-refractivity contribution in [2.45, 2.75) is 32.2 Å². The van der Waals surface area contributed by atoms with E-state index >= 15 is 0 Å². The normalized spacial score (nSPS) is 13.9. The third-order valence-corrected chi connectivity index (χ3v) is 3.30. The monoisotopic (exact) mass is 269 g/mol. The Morgan fingerprint density at radius 2 is 2.15 bits per heavy atom. The van der Waals surface area contributed by atoms with Crippen molar-refractivity contribution in [1.82, 2.24) is 9.97 Å². The van der Waals surface area contributed by atoms with Crippen LogP contribution in [0.2, 0.25) is 0 Å². The fraction of sp³-hybridized carbons (Fsp3) is 0.375. The summed E-state index contributed by atoms with van der Waals surface area (Å²) in [4.78, 5) is 8.93. The van der Waals surface area contributed by atoms with Gasteiger partial charge in [0.1, 0.15) is 11.6 Å². The Labute approximate surface area is 119 Å². The van der Waals surface area contributed by atoms with Crippen molar-refractivity contribution >= 4 is 0 Å². The summed E-state index contributed by atoms with van der Waals surface area (Å²) in [5, 5.41) is 0. The molecule has 1 aliphatic heterocycles. The maximum Gasteiger partial charge on any atom is 0.130 e. The molecule has 4 nitrogen and oxygen atoms in total. The lowest BCUT2D eigenvalue weighted by Crippen LogP contribution is -2.35. The highest BCUT2D eigenvalue weighted by atomic mass is 16.5. The van der Waals surface area contributed by atoms with E-state index in [-0.39, 0.29) is 5.54 Å². The van der Waals surface area contributed by atoms with Gasteiger partial charge in [0.25, 0.3) is 0 Å². The van der Waals surface area contributed by atoms with E-state index in [1.54, 1.807) is 6.20 Å². The molecule has 4 heteroatoms. The van der Waals surface area contributed by atoms with E-state index < -0.39 is 0 Å². The first-order valence-corrected chi connectivity index (χ1v) is 6.88. The van der Waals surface area contributed by atoms with Crippen molar-refractivity contribution < 1.29 is 4.74 Å². The minimum absolute atomic E-state index is 0.301. The number of ether oxygens (including phenoxy) is 1. The van der Waals surface area contributed by atoms with Gasteiger partial charge in [0, 0.05) is 30.1 Å². The van der Waals surface area contributed by atoms with E-state index in [2.05, 4.69) is 16.0 Å². The summed E-state index contributed by atoms with van der Waals surface area (Å²) in [6.07, 6.45) is 3.43. The lowest BCUT2D eigenvalue weighted by atomic mass is 10.0. The average Bonchev–Trinajstić information content (AvgIpc) is 2.84. The zero-order valence-corrected chi connectivity index (χ0v) is 11.9. The van der Waals surface area contributed by atoms with Crippen LogP contribution < -0.4 is 10.5 Å². The molecule has 1 aromatic carbocycles. The van der Waals surface area contributed by atoms with Crippen LogP contribution in [0, 0.1) is 0 Å². The van der Waals surface area contributed by atoms with Crippen LogP contribution in [0.25, 0.3) is 11.3 Å². The van der Waals surface area contributed by atoms with Crippen molar-refractivity contribution in [2.24, 2.45) is 5.73 Å². The molecule has 2 aromatic rings. The van der Waals surface area contributed by atoms with Gasteiger partial charge in [-0.3, -0.25) is 0 Å². The molecule has 0 saturated carbocycles. The zero-order valence-electron chi connectivity index (χ0n) is 11.9. The largest absolute Gasteiger partial charge is 0.493 e. The van der Waals surface area contributed by atoms with Crippen LogP contribution in [0.15, 0.2) is 30.5 Å². The lowest BCUT2D eigenvalue weighted by Gasteiger charge is -2.17. The Hall–Kier alpha value is -1.94. The van der Waals surface area contributed by atoms with E-state index in [4.69, 9.17) is 10.5 Å². The van der Waals surface area contributed by atoms with E-state index in [1.165, 1.54) is 5.56 Å². The van der Waals surface area contributed by atoms with Gasteiger partial charge in [-0.1, -0.05) is 0 Å². The Morgan fingerprint density at radius 1 is 1.30 bits per heavy atom. The summed E-state index contributed by atoms with van der Waals surface area (Å²) in [5.41, 5.74) is 9.03. The van der Waals surface area contributed by atoms with Gasteiger partial charge in [-0.2, -0.15) is 0 Å². The van der Waals surface area contributed by atoms with Gasteiger partial charge in [-0.05, 0) is 43.7 Å². The molecule has 3 rings (SSSR count). The van der Waals surface area contributed by atoms with Gasteiger partial charge in [0.2, 0.25) is 0 Å². The summed E-state index contributed by atoms with van der Waals surface area (Å²) in [5.74, 6) is 1.78. The number of nitrogens with zero attached hydrogens (tertiary/aromatic N) is 2. The topological polar surface area (TPSA) is 61.0 Å². The molecule has 0 spiro atoms. The van der Waals surface area contributed by atoms with Crippen LogP contribution in [-0.4, -0.2) is 22.1 Å². The third-order valence-electron chi connectivity index (χ3n) is 3.30. The molecule has 1 aromatic heterocycles. The fourth-order valence-corrected chi connectivity index (χ4v) is 2.40. The molecule has 0 bridgehead atoms. The van der Waals surface area contributed by atoms with Gasteiger partial charge in [-0.25, -0.2) is 9.97 Å². The molecule has 2 N–H and O–H groups in total. The zero-order chi connectivity index (χ0) is 14.2. The Balaban J connectivity index is 1.92. The first-order chi connectivity index (χ1) is 9.51. The number of aromatic nitrogens is 2. The average molecular weight is 269 g/mol. The van der Waals surface area contributed by atoms with E-state index in [0.29, 0.717) is 6.42 Å². The van der Waals surface area contributed by atoms with E-state index in [9.17, 15) is 0 Å². The van der Waals surface area contributed by atoms with Crippen molar-refractivity contribution in [3.63, 3.8) is 0 Å². The van der Waals surface area contributed by atoms with Crippen LogP contribution in [0.4, 0.5) is 0 Å². The molecule has 0 unspecified atom stereocenters. The summed E-state index contributed by atoms with van der Waals surface area (Å²) in [7, 11) is 0. The second-order valence-electron chi connectivity index (χ2n) is 5.94. The highest BCUT2D eigenvalue weighted by Crippen LogP contribution is 2.29. The van der Waals surface area contributed by atoms with Crippen LogP contribution in [0.3, 0.4) is 0 Å². The van der Waals surface area contributed by atoms with Crippen LogP contribution >= 0.6 is 0 Å². The Bertz CT molecular complexity index is 632. The number of benzene rings is 1. The van der Waals surface area contributed by atoms with Crippen LogP contribution in [0.1, 0.15) is 25.2 Å². The molecule has 20 heavy (non-hydrogen) atoms. The minimum Gasteiger partial charge on any atom is -0.493 e. The van der Waals surface area contributed by atoms with E-state index in [0.717, 1.165) is 35.9 Å². The number of nitrogens with two attached hydrogens (primary N) is 1. The highest BCUT2D eigenvalue weighted by molar-refractivity contribution is 5.62. The minimum atomic E-state index is -0.301. The predicted octanol–water partition coefficient (Wildman–Crippen LogP) is 2.36. The van der Waals surface area contributed by atoms with Crippen molar-refractivity contribution in [2.75, 3.05) is 6.61 Å².